The molecule has 0 rings (SSSR count). The van der Waals surface area contributed by atoms with Crippen molar-refractivity contribution in [3.8, 4) is 0 Å². The lowest BCUT2D eigenvalue weighted by Crippen LogP contribution is -1.97. The molecule has 0 radical (unpaired) electrons. The van der Waals surface area contributed by atoms with Crippen molar-refractivity contribution in [2.75, 3.05) is 11.9 Å². The van der Waals surface area contributed by atoms with Crippen LogP contribution in [0.3, 0.4) is 0 Å². The van der Waals surface area contributed by atoms with Crippen molar-refractivity contribution in [3.63, 3.8) is 0 Å². The summed E-state index contributed by atoms with van der Waals surface area (Å²) in [5, 5.41) is 1.15. The van der Waals surface area contributed by atoms with Crippen LogP contribution in [0.5, 0.6) is 0 Å². The number of halogens is 2. The van der Waals surface area contributed by atoms with Gasteiger partial charge in [-0.15, -0.1) is 17.0 Å². The van der Waals surface area contributed by atoms with Crippen LogP contribution in [0.2, 0.25) is 0 Å². The normalized spacial score (nSPS) is 9.00. The van der Waals surface area contributed by atoms with E-state index >= 15 is 0 Å². The summed E-state index contributed by atoms with van der Waals surface area (Å²) in [6.07, 6.45) is 6.52. The van der Waals surface area contributed by atoms with Crippen LogP contribution in [-0.4, -0.2) is 11.9 Å². The summed E-state index contributed by atoms with van der Waals surface area (Å²) in [6.45, 7) is 0.855. The van der Waals surface area contributed by atoms with Crippen LogP contribution in [0.25, 0.3) is 0 Å². The first kappa shape index (κ1) is 13.5. The molecule has 10 heavy (non-hydrogen) atoms. The topological polar surface area (TPSA) is 26.0 Å². The van der Waals surface area contributed by atoms with Crippen LogP contribution in [-0.2, 0) is 0 Å². The molecule has 0 spiro atoms. The largest absolute Gasteiger partial charge is 0.330 e. The number of hydrogen-bond acceptors (Lipinski definition) is 1. The van der Waals surface area contributed by atoms with Gasteiger partial charge in [-0.2, -0.15) is 0 Å². The molecular weight excluding hydrogens is 258 g/mol. The Bertz CT molecular complexity index is 44.9. The monoisotopic (exact) mass is 273 g/mol. The first-order valence-electron chi connectivity index (χ1n) is 3.68. The summed E-state index contributed by atoms with van der Waals surface area (Å²) in [7, 11) is 0. The van der Waals surface area contributed by atoms with E-state index in [0.717, 1.165) is 11.9 Å². The molecule has 0 aromatic carbocycles. The first-order valence-corrected chi connectivity index (χ1v) is 4.80. The Hall–Kier alpha value is 0.920. The molecular formula is C7H17Br2N. The Morgan fingerprint density at radius 1 is 0.900 bits per heavy atom. The molecule has 0 saturated carbocycles. The molecule has 0 heterocycles. The standard InChI is InChI=1S/C7H16BrN.BrH/c8-6-4-2-1-3-5-7-9;/h1-7,9H2;1H. The van der Waals surface area contributed by atoms with Gasteiger partial charge in [0.25, 0.3) is 0 Å². The molecule has 0 aromatic rings. The van der Waals surface area contributed by atoms with E-state index in [1.54, 1.807) is 0 Å². The van der Waals surface area contributed by atoms with Crippen molar-refractivity contribution >= 4 is 32.9 Å². The number of rotatable bonds is 6. The molecule has 0 unspecified atom stereocenters. The van der Waals surface area contributed by atoms with Gasteiger partial charge in [0, 0.05) is 5.33 Å². The van der Waals surface area contributed by atoms with Crippen LogP contribution in [0, 0.1) is 0 Å². The van der Waals surface area contributed by atoms with Gasteiger partial charge in [-0.3, -0.25) is 0 Å². The van der Waals surface area contributed by atoms with Crippen molar-refractivity contribution in [1.29, 1.82) is 0 Å². The second kappa shape index (κ2) is 12.6. The maximum absolute atomic E-state index is 5.33. The number of hydrogen-bond donors (Lipinski definition) is 1. The fraction of sp³-hybridized carbons (Fsp3) is 1.00. The SMILES string of the molecule is Br.NCCCCCCCBr. The second-order valence-corrected chi connectivity index (χ2v) is 3.04. The van der Waals surface area contributed by atoms with E-state index < -0.39 is 0 Å². The minimum Gasteiger partial charge on any atom is -0.330 e. The van der Waals surface area contributed by atoms with E-state index in [1.807, 2.05) is 0 Å². The summed E-state index contributed by atoms with van der Waals surface area (Å²) >= 11 is 3.39. The summed E-state index contributed by atoms with van der Waals surface area (Å²) in [5.41, 5.74) is 5.33. The highest BCUT2D eigenvalue weighted by molar-refractivity contribution is 9.09. The highest BCUT2D eigenvalue weighted by atomic mass is 79.9. The number of alkyl halides is 1. The Balaban J connectivity index is 0. The molecule has 64 valence electrons. The second-order valence-electron chi connectivity index (χ2n) is 2.25. The maximum atomic E-state index is 5.33. The molecule has 0 atom stereocenters. The Morgan fingerprint density at radius 2 is 1.40 bits per heavy atom. The van der Waals surface area contributed by atoms with Crippen LogP contribution >= 0.6 is 32.9 Å². The zero-order chi connectivity index (χ0) is 6.95. The van der Waals surface area contributed by atoms with Gasteiger partial charge in [0.1, 0.15) is 0 Å². The summed E-state index contributed by atoms with van der Waals surface area (Å²) in [6, 6.07) is 0. The van der Waals surface area contributed by atoms with E-state index in [-0.39, 0.29) is 17.0 Å². The summed E-state index contributed by atoms with van der Waals surface area (Å²) < 4.78 is 0. The zero-order valence-corrected chi connectivity index (χ0v) is 9.61. The van der Waals surface area contributed by atoms with Gasteiger partial charge in [-0.1, -0.05) is 35.2 Å². The predicted molar refractivity (Wildman–Crippen MR) is 56.3 cm³/mol. The van der Waals surface area contributed by atoms with Gasteiger partial charge < -0.3 is 5.73 Å². The Labute approximate surface area is 82.6 Å². The van der Waals surface area contributed by atoms with Gasteiger partial charge in [0.2, 0.25) is 0 Å². The molecule has 3 heteroatoms. The van der Waals surface area contributed by atoms with Gasteiger partial charge >= 0.3 is 0 Å². The molecule has 0 amide bonds. The smallest absolute Gasteiger partial charge is 0.00313 e. The van der Waals surface area contributed by atoms with Crippen LogP contribution in [0.1, 0.15) is 32.1 Å². The molecule has 0 aliphatic heterocycles. The lowest BCUT2D eigenvalue weighted by molar-refractivity contribution is 0.641. The molecule has 2 N–H and O–H groups in total. The zero-order valence-electron chi connectivity index (χ0n) is 6.31. The van der Waals surface area contributed by atoms with Crippen molar-refractivity contribution in [3.05, 3.63) is 0 Å². The van der Waals surface area contributed by atoms with Crippen molar-refractivity contribution in [2.45, 2.75) is 32.1 Å². The number of nitrogens with two attached hydrogens (primary N) is 1. The first-order chi connectivity index (χ1) is 4.41. The quantitative estimate of drug-likeness (QED) is 0.585. The molecule has 0 aliphatic carbocycles. The van der Waals surface area contributed by atoms with E-state index in [1.165, 1.54) is 32.1 Å². The van der Waals surface area contributed by atoms with Crippen molar-refractivity contribution < 1.29 is 0 Å². The predicted octanol–water partition coefficient (Wildman–Crippen LogP) is 2.87. The van der Waals surface area contributed by atoms with Crippen molar-refractivity contribution in [1.82, 2.24) is 0 Å². The van der Waals surface area contributed by atoms with Crippen molar-refractivity contribution in [2.24, 2.45) is 5.73 Å². The lowest BCUT2D eigenvalue weighted by atomic mass is 10.2. The fourth-order valence-electron chi connectivity index (χ4n) is 0.769. The highest BCUT2D eigenvalue weighted by Gasteiger charge is 1.86. The third kappa shape index (κ3) is 11.7. The minimum absolute atomic E-state index is 0. The summed E-state index contributed by atoms with van der Waals surface area (Å²) in [5.74, 6) is 0. The molecule has 1 nitrogen and oxygen atoms in total. The van der Waals surface area contributed by atoms with Gasteiger partial charge in [-0.25, -0.2) is 0 Å². The van der Waals surface area contributed by atoms with Gasteiger partial charge in [0.15, 0.2) is 0 Å². The third-order valence-electron chi connectivity index (χ3n) is 1.34. The van der Waals surface area contributed by atoms with E-state index in [2.05, 4.69) is 15.9 Å². The molecule has 0 saturated heterocycles. The Morgan fingerprint density at radius 3 is 1.90 bits per heavy atom. The van der Waals surface area contributed by atoms with Crippen LogP contribution < -0.4 is 5.73 Å². The van der Waals surface area contributed by atoms with E-state index in [4.69, 9.17) is 5.73 Å². The van der Waals surface area contributed by atoms with Crippen LogP contribution in [0.15, 0.2) is 0 Å². The summed E-state index contributed by atoms with van der Waals surface area (Å²) in [4.78, 5) is 0. The fourth-order valence-corrected chi connectivity index (χ4v) is 1.17. The van der Waals surface area contributed by atoms with E-state index in [9.17, 15) is 0 Å². The maximum Gasteiger partial charge on any atom is 0.00313 e. The molecule has 0 aromatic heterocycles. The van der Waals surface area contributed by atoms with E-state index in [0.29, 0.717) is 0 Å². The molecule has 0 bridgehead atoms. The average molecular weight is 275 g/mol. The molecule has 0 fully saturated rings. The minimum atomic E-state index is 0. The van der Waals surface area contributed by atoms with Gasteiger partial charge in [0.05, 0.1) is 0 Å². The number of unbranched alkanes of at least 4 members (excludes halogenated alkanes) is 4. The third-order valence-corrected chi connectivity index (χ3v) is 1.90. The van der Waals surface area contributed by atoms with Crippen LogP contribution in [0.4, 0.5) is 0 Å². The highest BCUT2D eigenvalue weighted by Crippen LogP contribution is 2.03. The lowest BCUT2D eigenvalue weighted by Gasteiger charge is -1.95. The molecule has 0 aliphatic rings. The van der Waals surface area contributed by atoms with Gasteiger partial charge in [-0.05, 0) is 19.4 Å². The Kier molecular flexibility index (Phi) is 17.0. The average Bonchev–Trinajstić information content (AvgIpc) is 1.89.